The fraction of sp³-hybridized carbons (Fsp3) is 0.118. The lowest BCUT2D eigenvalue weighted by molar-refractivity contribution is -0.112. The zero-order valence-electron chi connectivity index (χ0n) is 12.2. The number of nitrogens with one attached hydrogen (secondary N) is 1. The van der Waals surface area contributed by atoms with E-state index in [4.69, 9.17) is 16.3 Å². The van der Waals surface area contributed by atoms with Crippen LogP contribution in [0.2, 0.25) is 5.02 Å². The second-order valence-electron chi connectivity index (χ2n) is 4.61. The largest absolute Gasteiger partial charge is 0.490 e. The number of ether oxygens (including phenoxy) is 1. The van der Waals surface area contributed by atoms with Crippen molar-refractivity contribution in [2.75, 3.05) is 12.4 Å². The summed E-state index contributed by atoms with van der Waals surface area (Å²) in [6.07, 6.45) is 0. The Bertz CT molecular complexity index is 711. The lowest BCUT2D eigenvalue weighted by atomic mass is 10.0. The van der Waals surface area contributed by atoms with Gasteiger partial charge in [0.05, 0.1) is 12.7 Å². The van der Waals surface area contributed by atoms with E-state index >= 15 is 0 Å². The van der Waals surface area contributed by atoms with Crippen LogP contribution in [-0.2, 0) is 9.53 Å². The zero-order valence-corrected chi connectivity index (χ0v) is 15.1. The summed E-state index contributed by atoms with van der Waals surface area (Å²) in [4.78, 5) is 12.3. The molecule has 2 rings (SSSR count). The zero-order chi connectivity index (χ0) is 16.1. The maximum Gasteiger partial charge on any atom is 0.255 e. The number of anilines is 1. The van der Waals surface area contributed by atoms with Crippen molar-refractivity contribution in [3.63, 3.8) is 0 Å². The molecule has 1 N–H and O–H groups in total. The van der Waals surface area contributed by atoms with Crippen molar-refractivity contribution in [3.8, 4) is 11.1 Å². The molecule has 2 aromatic rings. The van der Waals surface area contributed by atoms with E-state index in [2.05, 4.69) is 5.32 Å². The molecule has 0 aromatic heterocycles. The predicted molar refractivity (Wildman–Crippen MR) is 99.2 cm³/mol. The van der Waals surface area contributed by atoms with Crippen LogP contribution in [0.5, 0.6) is 0 Å². The van der Waals surface area contributed by atoms with Gasteiger partial charge in [0, 0.05) is 16.3 Å². The third-order valence-corrected chi connectivity index (χ3v) is 4.65. The molecule has 22 heavy (non-hydrogen) atoms. The molecule has 2 aromatic carbocycles. The molecule has 0 atom stereocenters. The van der Waals surface area contributed by atoms with Crippen molar-refractivity contribution in [2.24, 2.45) is 0 Å². The van der Waals surface area contributed by atoms with E-state index in [1.54, 1.807) is 14.0 Å². The molecule has 0 unspecified atom stereocenters. The van der Waals surface area contributed by atoms with Crippen molar-refractivity contribution in [2.45, 2.75) is 6.92 Å². The molecule has 1 amide bonds. The second kappa shape index (κ2) is 7.65. The lowest BCUT2D eigenvalue weighted by Crippen LogP contribution is -2.14. The highest BCUT2D eigenvalue weighted by molar-refractivity contribution is 14.1. The Morgan fingerprint density at radius 1 is 1.14 bits per heavy atom. The highest BCUT2D eigenvalue weighted by atomic mass is 127. The van der Waals surface area contributed by atoms with Crippen LogP contribution in [0, 0.1) is 0 Å². The topological polar surface area (TPSA) is 38.3 Å². The minimum absolute atomic E-state index is 0.187. The van der Waals surface area contributed by atoms with E-state index in [1.165, 1.54) is 0 Å². The van der Waals surface area contributed by atoms with Crippen molar-refractivity contribution in [3.05, 3.63) is 62.9 Å². The van der Waals surface area contributed by atoms with E-state index in [1.807, 2.05) is 71.1 Å². The van der Waals surface area contributed by atoms with Crippen molar-refractivity contribution in [1.82, 2.24) is 0 Å². The predicted octanol–water partition coefficient (Wildman–Crippen LogP) is 5.26. The van der Waals surface area contributed by atoms with Gasteiger partial charge in [-0.3, -0.25) is 4.79 Å². The number of carbonyl (C=O) groups is 1. The van der Waals surface area contributed by atoms with Gasteiger partial charge in [0.15, 0.2) is 3.77 Å². The van der Waals surface area contributed by atoms with Crippen molar-refractivity contribution in [1.29, 1.82) is 0 Å². The molecule has 0 heterocycles. The van der Waals surface area contributed by atoms with E-state index in [0.717, 1.165) is 16.8 Å². The standard InChI is InChI=1S/C17H15ClINO2/c1-11(16(19)22-2)17(21)20-15-6-4-3-5-14(15)12-7-9-13(18)10-8-12/h3-10H,1-2H3,(H,20,21)/b16-11+. The number of amides is 1. The Labute approximate surface area is 148 Å². The van der Waals surface area contributed by atoms with Gasteiger partial charge in [-0.25, -0.2) is 0 Å². The first-order valence-electron chi connectivity index (χ1n) is 6.59. The number of benzene rings is 2. The monoisotopic (exact) mass is 427 g/mol. The number of hydrogen-bond acceptors (Lipinski definition) is 2. The van der Waals surface area contributed by atoms with Crippen LogP contribution < -0.4 is 5.32 Å². The Morgan fingerprint density at radius 2 is 1.77 bits per heavy atom. The molecular weight excluding hydrogens is 413 g/mol. The molecule has 0 fully saturated rings. The summed E-state index contributed by atoms with van der Waals surface area (Å²) in [5, 5.41) is 3.60. The molecule has 0 saturated carbocycles. The Morgan fingerprint density at radius 3 is 2.41 bits per heavy atom. The van der Waals surface area contributed by atoms with E-state index in [9.17, 15) is 4.79 Å². The van der Waals surface area contributed by atoms with Crippen molar-refractivity contribution < 1.29 is 9.53 Å². The van der Waals surface area contributed by atoms with Crippen LogP contribution in [0.25, 0.3) is 11.1 Å². The van der Waals surface area contributed by atoms with Gasteiger partial charge in [-0.1, -0.05) is 41.9 Å². The molecular formula is C17H15ClINO2. The summed E-state index contributed by atoms with van der Waals surface area (Å²) in [6.45, 7) is 1.73. The maximum absolute atomic E-state index is 12.3. The third kappa shape index (κ3) is 4.01. The minimum Gasteiger partial charge on any atom is -0.490 e. The number of carbonyl (C=O) groups excluding carboxylic acids is 1. The molecule has 0 bridgehead atoms. The SMILES string of the molecule is CO/C(I)=C(\C)C(=O)Nc1ccccc1-c1ccc(Cl)cc1. The summed E-state index contributed by atoms with van der Waals surface area (Å²) in [5.41, 5.74) is 3.21. The van der Waals surface area contributed by atoms with E-state index in [0.29, 0.717) is 14.4 Å². The van der Waals surface area contributed by atoms with Crippen LogP contribution in [0.15, 0.2) is 57.9 Å². The molecule has 0 saturated heterocycles. The average molecular weight is 428 g/mol. The summed E-state index contributed by atoms with van der Waals surface area (Å²) < 4.78 is 5.66. The van der Waals surface area contributed by atoms with Crippen LogP contribution in [0.3, 0.4) is 0 Å². The summed E-state index contributed by atoms with van der Waals surface area (Å²) in [6, 6.07) is 15.2. The second-order valence-corrected chi connectivity index (χ2v) is 6.03. The summed E-state index contributed by atoms with van der Waals surface area (Å²) in [5.74, 6) is -0.187. The van der Waals surface area contributed by atoms with Crippen LogP contribution in [-0.4, -0.2) is 13.0 Å². The Balaban J connectivity index is 2.33. The first-order valence-corrected chi connectivity index (χ1v) is 8.05. The normalized spacial score (nSPS) is 11.6. The van der Waals surface area contributed by atoms with E-state index in [-0.39, 0.29) is 5.91 Å². The molecule has 0 aliphatic rings. The summed E-state index contributed by atoms with van der Waals surface area (Å²) in [7, 11) is 1.54. The molecule has 3 nitrogen and oxygen atoms in total. The number of hydrogen-bond donors (Lipinski definition) is 1. The Hall–Kier alpha value is -1.53. The van der Waals surface area contributed by atoms with Gasteiger partial charge in [0.1, 0.15) is 0 Å². The number of para-hydroxylation sites is 1. The smallest absolute Gasteiger partial charge is 0.255 e. The highest BCUT2D eigenvalue weighted by Crippen LogP contribution is 2.29. The number of methoxy groups -OCH3 is 1. The van der Waals surface area contributed by atoms with Gasteiger partial charge in [0.25, 0.3) is 5.91 Å². The Kier molecular flexibility index (Phi) is 5.85. The molecule has 0 aliphatic carbocycles. The van der Waals surface area contributed by atoms with E-state index < -0.39 is 0 Å². The van der Waals surface area contributed by atoms with Gasteiger partial charge in [-0.2, -0.15) is 0 Å². The van der Waals surface area contributed by atoms with Gasteiger partial charge in [-0.15, -0.1) is 0 Å². The van der Waals surface area contributed by atoms with Crippen LogP contribution in [0.1, 0.15) is 6.92 Å². The fourth-order valence-electron chi connectivity index (χ4n) is 1.93. The molecule has 0 radical (unpaired) electrons. The van der Waals surface area contributed by atoms with Crippen LogP contribution in [0.4, 0.5) is 5.69 Å². The first-order chi connectivity index (χ1) is 10.5. The molecule has 114 valence electrons. The minimum atomic E-state index is -0.187. The maximum atomic E-state index is 12.3. The fourth-order valence-corrected chi connectivity index (χ4v) is 2.30. The first kappa shape index (κ1) is 16.8. The highest BCUT2D eigenvalue weighted by Gasteiger charge is 2.12. The summed E-state index contributed by atoms with van der Waals surface area (Å²) >= 11 is 7.92. The average Bonchev–Trinajstić information content (AvgIpc) is 2.54. The quantitative estimate of drug-likeness (QED) is 0.411. The number of halogens is 2. The molecule has 0 aliphatic heterocycles. The van der Waals surface area contributed by atoms with Crippen molar-refractivity contribution >= 4 is 45.8 Å². The van der Waals surface area contributed by atoms with Gasteiger partial charge in [0.2, 0.25) is 0 Å². The molecule has 0 spiro atoms. The van der Waals surface area contributed by atoms with Gasteiger partial charge in [-0.05, 0) is 53.3 Å². The molecule has 5 heteroatoms. The lowest BCUT2D eigenvalue weighted by Gasteiger charge is -2.12. The number of rotatable bonds is 4. The third-order valence-electron chi connectivity index (χ3n) is 3.15. The van der Waals surface area contributed by atoms with Gasteiger partial charge >= 0.3 is 0 Å². The van der Waals surface area contributed by atoms with Crippen LogP contribution >= 0.6 is 34.2 Å². The van der Waals surface area contributed by atoms with Gasteiger partial charge < -0.3 is 10.1 Å².